The number of carbonyl (C=O) groups excluding carboxylic acids is 2. The Hall–Kier alpha value is -3.94. The molecule has 0 unspecified atom stereocenters. The highest BCUT2D eigenvalue weighted by Gasteiger charge is 2.44. The number of amidine groups is 1. The number of fused-ring (bicyclic) bond motifs is 3. The van der Waals surface area contributed by atoms with Gasteiger partial charge in [0.1, 0.15) is 5.69 Å². The van der Waals surface area contributed by atoms with Crippen LogP contribution in [0.15, 0.2) is 65.7 Å². The van der Waals surface area contributed by atoms with Gasteiger partial charge >= 0.3 is 12.0 Å². The van der Waals surface area contributed by atoms with Gasteiger partial charge in [0.05, 0.1) is 26.2 Å². The van der Waals surface area contributed by atoms with Crippen LogP contribution in [0.1, 0.15) is 40.8 Å². The van der Waals surface area contributed by atoms with E-state index in [-0.39, 0.29) is 17.9 Å². The number of esters is 1. The molecule has 0 spiro atoms. The highest BCUT2D eigenvalue weighted by atomic mass is 16.5. The average molecular weight is 458 g/mol. The molecule has 3 aromatic rings. The number of amides is 2. The summed E-state index contributed by atoms with van der Waals surface area (Å²) >= 11 is 0. The minimum atomic E-state index is -0.541. The second-order valence-electron chi connectivity index (χ2n) is 8.51. The molecule has 8 heteroatoms. The molecule has 1 atom stereocenters. The molecule has 174 valence electrons. The number of benzene rings is 2. The lowest BCUT2D eigenvalue weighted by atomic mass is 10.1. The molecular weight excluding hydrogens is 430 g/mol. The first-order chi connectivity index (χ1) is 16.6. The van der Waals surface area contributed by atoms with Crippen molar-refractivity contribution in [3.8, 4) is 0 Å². The van der Waals surface area contributed by atoms with Crippen LogP contribution >= 0.6 is 0 Å². The van der Waals surface area contributed by atoms with Crippen molar-refractivity contribution >= 4 is 23.7 Å². The number of hydrogen-bond donors (Lipinski definition) is 0. The molecule has 34 heavy (non-hydrogen) atoms. The number of carbonyl (C=O) groups is 2. The van der Waals surface area contributed by atoms with Gasteiger partial charge in [0, 0.05) is 6.54 Å². The topological polar surface area (TPSA) is 80.0 Å². The third-order valence-corrected chi connectivity index (χ3v) is 6.15. The van der Waals surface area contributed by atoms with E-state index < -0.39 is 5.97 Å². The summed E-state index contributed by atoms with van der Waals surface area (Å²) in [6.45, 7) is 3.42. The average Bonchev–Trinajstić information content (AvgIpc) is 3.44. The molecular formula is C26H27N5O3. The molecule has 0 saturated heterocycles. The van der Waals surface area contributed by atoms with Gasteiger partial charge in [0.15, 0.2) is 11.7 Å². The number of methoxy groups -OCH3 is 1. The first kappa shape index (κ1) is 21.9. The Morgan fingerprint density at radius 3 is 2.38 bits per heavy atom. The lowest BCUT2D eigenvalue weighted by Gasteiger charge is -2.33. The number of aromatic nitrogens is 2. The normalized spacial score (nSPS) is 16.8. The molecule has 0 saturated carbocycles. The molecule has 2 amide bonds. The van der Waals surface area contributed by atoms with Crippen molar-refractivity contribution in [1.29, 1.82) is 0 Å². The second-order valence-corrected chi connectivity index (χ2v) is 8.51. The molecule has 0 radical (unpaired) electrons. The Morgan fingerprint density at radius 1 is 1.06 bits per heavy atom. The van der Waals surface area contributed by atoms with Gasteiger partial charge in [-0.3, -0.25) is 14.8 Å². The highest BCUT2D eigenvalue weighted by molar-refractivity contribution is 6.19. The van der Waals surface area contributed by atoms with Crippen molar-refractivity contribution < 1.29 is 14.3 Å². The van der Waals surface area contributed by atoms with Crippen molar-refractivity contribution in [3.63, 3.8) is 0 Å². The summed E-state index contributed by atoms with van der Waals surface area (Å²) in [6, 6.07) is 19.8. The SMILES string of the molecule is CCCN1C(=O)N2C[C@@H](Cc3ccccc3)N=C2c2c1nc(C(=O)OC)n2Cc1ccccc1. The number of ether oxygens (including phenoxy) is 1. The summed E-state index contributed by atoms with van der Waals surface area (Å²) in [5.41, 5.74) is 2.87. The fourth-order valence-corrected chi connectivity index (χ4v) is 4.61. The summed E-state index contributed by atoms with van der Waals surface area (Å²) in [5.74, 6) is 0.673. The Bertz CT molecular complexity index is 1240. The van der Waals surface area contributed by atoms with E-state index in [0.717, 1.165) is 18.4 Å². The first-order valence-electron chi connectivity index (χ1n) is 11.5. The number of aliphatic imine (C=N–C) groups is 1. The van der Waals surface area contributed by atoms with Crippen LogP contribution < -0.4 is 4.90 Å². The number of hydrogen-bond acceptors (Lipinski definition) is 5. The molecule has 0 bridgehead atoms. The van der Waals surface area contributed by atoms with E-state index >= 15 is 0 Å². The maximum Gasteiger partial charge on any atom is 0.374 e. The maximum absolute atomic E-state index is 13.5. The van der Waals surface area contributed by atoms with Crippen molar-refractivity contribution in [2.24, 2.45) is 4.99 Å². The maximum atomic E-state index is 13.5. The molecule has 1 aromatic heterocycles. The monoisotopic (exact) mass is 457 g/mol. The summed E-state index contributed by atoms with van der Waals surface area (Å²) in [4.78, 5) is 39.2. The predicted octanol–water partition coefficient (Wildman–Crippen LogP) is 3.74. The van der Waals surface area contributed by atoms with Crippen molar-refractivity contribution in [2.75, 3.05) is 25.1 Å². The number of nitrogens with zero attached hydrogens (tertiary/aromatic N) is 5. The fraction of sp³-hybridized carbons (Fsp3) is 0.308. The van der Waals surface area contributed by atoms with Gasteiger partial charge in [-0.2, -0.15) is 0 Å². The summed E-state index contributed by atoms with van der Waals surface area (Å²) in [7, 11) is 1.34. The third-order valence-electron chi connectivity index (χ3n) is 6.15. The lowest BCUT2D eigenvalue weighted by Crippen LogP contribution is -2.51. The largest absolute Gasteiger partial charge is 0.463 e. The van der Waals surface area contributed by atoms with Gasteiger partial charge in [-0.1, -0.05) is 67.6 Å². The van der Waals surface area contributed by atoms with Gasteiger partial charge in [0.2, 0.25) is 5.82 Å². The molecule has 0 fully saturated rings. The Morgan fingerprint density at radius 2 is 1.74 bits per heavy atom. The molecule has 3 heterocycles. The zero-order valence-electron chi connectivity index (χ0n) is 19.3. The van der Waals surface area contributed by atoms with E-state index in [0.29, 0.717) is 37.0 Å². The first-order valence-corrected chi connectivity index (χ1v) is 11.5. The summed E-state index contributed by atoms with van der Waals surface area (Å²) in [5, 5.41) is 0. The van der Waals surface area contributed by atoms with Gasteiger partial charge in [-0.05, 0) is 24.0 Å². The molecule has 2 aliphatic rings. The Labute approximate surface area is 198 Å². The second kappa shape index (κ2) is 9.13. The van der Waals surface area contributed by atoms with Crippen molar-refractivity contribution in [3.05, 3.63) is 83.3 Å². The zero-order chi connectivity index (χ0) is 23.7. The number of rotatable bonds is 7. The van der Waals surface area contributed by atoms with E-state index in [1.165, 1.54) is 12.7 Å². The van der Waals surface area contributed by atoms with Gasteiger partial charge in [-0.15, -0.1) is 0 Å². The number of anilines is 1. The van der Waals surface area contributed by atoms with Crippen LogP contribution in [0.4, 0.5) is 10.6 Å². The minimum absolute atomic E-state index is 0.0718. The van der Waals surface area contributed by atoms with Gasteiger partial charge < -0.3 is 9.30 Å². The predicted molar refractivity (Wildman–Crippen MR) is 129 cm³/mol. The molecule has 5 rings (SSSR count). The molecule has 0 N–H and O–H groups in total. The van der Waals surface area contributed by atoms with E-state index in [1.807, 2.05) is 60.0 Å². The smallest absolute Gasteiger partial charge is 0.374 e. The Balaban J connectivity index is 1.63. The van der Waals surface area contributed by atoms with Gasteiger partial charge in [-0.25, -0.2) is 14.6 Å². The van der Waals surface area contributed by atoms with Crippen LogP contribution in [0.5, 0.6) is 0 Å². The lowest BCUT2D eigenvalue weighted by molar-refractivity contribution is 0.0581. The van der Waals surface area contributed by atoms with Crippen LogP contribution in [0.2, 0.25) is 0 Å². The van der Waals surface area contributed by atoms with Gasteiger partial charge in [0.25, 0.3) is 0 Å². The summed E-state index contributed by atoms with van der Waals surface area (Å²) < 4.78 is 6.88. The zero-order valence-corrected chi connectivity index (χ0v) is 19.3. The van der Waals surface area contributed by atoms with E-state index in [4.69, 9.17) is 9.73 Å². The number of urea groups is 1. The van der Waals surface area contributed by atoms with Crippen LogP contribution in [0.25, 0.3) is 0 Å². The van der Waals surface area contributed by atoms with Crippen molar-refractivity contribution in [2.45, 2.75) is 32.4 Å². The van der Waals surface area contributed by atoms with E-state index in [1.54, 1.807) is 9.80 Å². The number of imidazole rings is 1. The highest BCUT2D eigenvalue weighted by Crippen LogP contribution is 2.34. The van der Waals surface area contributed by atoms with Crippen LogP contribution in [0, 0.1) is 0 Å². The molecule has 2 aliphatic heterocycles. The molecule has 8 nitrogen and oxygen atoms in total. The summed E-state index contributed by atoms with van der Waals surface area (Å²) in [6.07, 6.45) is 1.49. The Kier molecular flexibility index (Phi) is 5.88. The molecule has 0 aliphatic carbocycles. The van der Waals surface area contributed by atoms with E-state index in [2.05, 4.69) is 17.1 Å². The standard InChI is InChI=1S/C26H27N5O3/c1-3-14-29-23-21(30(24(28-23)25(32)34-2)16-19-12-8-5-9-13-19)22-27-20(17-31(22)26(29)33)15-18-10-6-4-7-11-18/h4-13,20H,3,14-17H2,1-2H3/t20-/m1/s1. The fourth-order valence-electron chi connectivity index (χ4n) is 4.61. The minimum Gasteiger partial charge on any atom is -0.463 e. The van der Waals surface area contributed by atoms with Crippen molar-refractivity contribution in [1.82, 2.24) is 14.5 Å². The quantitative estimate of drug-likeness (QED) is 0.506. The van der Waals surface area contributed by atoms with Crippen LogP contribution in [-0.4, -0.2) is 58.5 Å². The van der Waals surface area contributed by atoms with Crippen LogP contribution in [-0.2, 0) is 17.7 Å². The van der Waals surface area contributed by atoms with Crippen LogP contribution in [0.3, 0.4) is 0 Å². The third kappa shape index (κ3) is 3.85. The molecule has 2 aromatic carbocycles. The van der Waals surface area contributed by atoms with E-state index in [9.17, 15) is 9.59 Å².